The highest BCUT2D eigenvalue weighted by molar-refractivity contribution is 7.89. The van der Waals surface area contributed by atoms with E-state index in [1.165, 1.54) is 18.2 Å². The van der Waals surface area contributed by atoms with Crippen molar-refractivity contribution in [3.63, 3.8) is 0 Å². The summed E-state index contributed by atoms with van der Waals surface area (Å²) < 4.78 is 27.3. The first kappa shape index (κ1) is 17.4. The van der Waals surface area contributed by atoms with Crippen LogP contribution in [0.4, 0.5) is 0 Å². The molecule has 0 saturated heterocycles. The van der Waals surface area contributed by atoms with E-state index >= 15 is 0 Å². The number of rotatable bonds is 7. The predicted molar refractivity (Wildman–Crippen MR) is 81.2 cm³/mol. The zero-order valence-electron chi connectivity index (χ0n) is 12.1. The summed E-state index contributed by atoms with van der Waals surface area (Å²) in [5.41, 5.74) is 0.407. The van der Waals surface area contributed by atoms with Gasteiger partial charge in [-0.25, -0.2) is 13.1 Å². The Morgan fingerprint density at radius 2 is 1.90 bits per heavy atom. The predicted octanol–water partition coefficient (Wildman–Crippen LogP) is 2.94. The molecule has 0 bridgehead atoms. The van der Waals surface area contributed by atoms with Crippen LogP contribution in [0.2, 0.25) is 5.02 Å². The van der Waals surface area contributed by atoms with Gasteiger partial charge in [0.15, 0.2) is 0 Å². The lowest BCUT2D eigenvalue weighted by atomic mass is 9.96. The summed E-state index contributed by atoms with van der Waals surface area (Å²) in [7, 11) is -3.59. The van der Waals surface area contributed by atoms with Crippen molar-refractivity contribution >= 4 is 21.6 Å². The molecule has 2 N–H and O–H groups in total. The van der Waals surface area contributed by atoms with E-state index in [0.717, 1.165) is 12.8 Å². The summed E-state index contributed by atoms with van der Waals surface area (Å²) in [5.74, 6) is 0.300. The number of sulfonamides is 1. The van der Waals surface area contributed by atoms with Crippen LogP contribution in [0.3, 0.4) is 0 Å². The number of hydrogen-bond acceptors (Lipinski definition) is 3. The van der Waals surface area contributed by atoms with Crippen LogP contribution in [-0.4, -0.2) is 19.6 Å². The van der Waals surface area contributed by atoms with Gasteiger partial charge >= 0.3 is 0 Å². The van der Waals surface area contributed by atoms with Gasteiger partial charge in [0.1, 0.15) is 0 Å². The number of aliphatic hydroxyl groups excluding tert-OH is 1. The number of aliphatic hydroxyl groups is 1. The lowest BCUT2D eigenvalue weighted by Crippen LogP contribution is -2.37. The molecule has 1 aromatic carbocycles. The van der Waals surface area contributed by atoms with Gasteiger partial charge in [-0.1, -0.05) is 38.3 Å². The highest BCUT2D eigenvalue weighted by Gasteiger charge is 2.22. The molecule has 4 nitrogen and oxygen atoms in total. The third kappa shape index (κ3) is 4.19. The second-order valence-corrected chi connectivity index (χ2v) is 7.02. The Hall–Kier alpha value is -0.620. The quantitative estimate of drug-likeness (QED) is 0.812. The van der Waals surface area contributed by atoms with Gasteiger partial charge in [-0.3, -0.25) is 0 Å². The summed E-state index contributed by atoms with van der Waals surface area (Å²) in [6.07, 6.45) is 1.84. The standard InChI is InChI=1S/C14H22ClNO3S/c1-4-11(5-2)10(3)16-20(18,19)13-6-7-14(15)12(8-13)9-17/h6-8,10-11,16-17H,4-5,9H2,1-3H3. The first-order valence-corrected chi connectivity index (χ1v) is 8.63. The summed E-state index contributed by atoms with van der Waals surface area (Å²) in [6, 6.07) is 4.21. The number of benzene rings is 1. The van der Waals surface area contributed by atoms with E-state index in [-0.39, 0.29) is 17.5 Å². The SMILES string of the molecule is CCC(CC)C(C)NS(=O)(=O)c1ccc(Cl)c(CO)c1. The highest BCUT2D eigenvalue weighted by atomic mass is 35.5. The molecule has 1 atom stereocenters. The van der Waals surface area contributed by atoms with Crippen molar-refractivity contribution in [1.82, 2.24) is 4.72 Å². The van der Waals surface area contributed by atoms with Crippen LogP contribution in [0.1, 0.15) is 39.2 Å². The Morgan fingerprint density at radius 1 is 1.30 bits per heavy atom. The molecule has 1 unspecified atom stereocenters. The topological polar surface area (TPSA) is 66.4 Å². The normalized spacial score (nSPS) is 13.7. The summed E-state index contributed by atoms with van der Waals surface area (Å²) in [5, 5.41) is 9.52. The molecular weight excluding hydrogens is 298 g/mol. The van der Waals surface area contributed by atoms with Gasteiger partial charge < -0.3 is 5.11 Å². The minimum Gasteiger partial charge on any atom is -0.392 e. The molecule has 0 amide bonds. The van der Waals surface area contributed by atoms with Crippen molar-refractivity contribution in [1.29, 1.82) is 0 Å². The molecule has 0 aliphatic carbocycles. The third-order valence-corrected chi connectivity index (χ3v) is 5.52. The molecule has 0 saturated carbocycles. The molecule has 0 radical (unpaired) electrons. The van der Waals surface area contributed by atoms with Gasteiger partial charge in [0.05, 0.1) is 11.5 Å². The fraction of sp³-hybridized carbons (Fsp3) is 0.571. The molecule has 0 aromatic heterocycles. The molecule has 20 heavy (non-hydrogen) atoms. The minimum absolute atomic E-state index is 0.128. The molecular formula is C14H22ClNO3S. The smallest absolute Gasteiger partial charge is 0.240 e. The lowest BCUT2D eigenvalue weighted by Gasteiger charge is -2.22. The Labute approximate surface area is 126 Å². The molecule has 0 heterocycles. The molecule has 0 spiro atoms. The van der Waals surface area contributed by atoms with Gasteiger partial charge in [0.25, 0.3) is 0 Å². The lowest BCUT2D eigenvalue weighted by molar-refractivity contribution is 0.281. The van der Waals surface area contributed by atoms with Gasteiger partial charge in [0.2, 0.25) is 10.0 Å². The average Bonchev–Trinajstić information content (AvgIpc) is 2.39. The zero-order valence-corrected chi connectivity index (χ0v) is 13.6. The van der Waals surface area contributed by atoms with Crippen molar-refractivity contribution < 1.29 is 13.5 Å². The fourth-order valence-corrected chi connectivity index (χ4v) is 3.78. The van der Waals surface area contributed by atoms with Crippen LogP contribution in [0.5, 0.6) is 0 Å². The first-order valence-electron chi connectivity index (χ1n) is 6.77. The van der Waals surface area contributed by atoms with Crippen molar-refractivity contribution in [3.8, 4) is 0 Å². The Morgan fingerprint density at radius 3 is 2.40 bits per heavy atom. The van der Waals surface area contributed by atoms with Crippen LogP contribution in [0.15, 0.2) is 23.1 Å². The molecule has 0 aliphatic heterocycles. The van der Waals surface area contributed by atoms with Crippen molar-refractivity contribution in [3.05, 3.63) is 28.8 Å². The Bertz CT molecular complexity index is 541. The number of hydrogen-bond donors (Lipinski definition) is 2. The maximum atomic E-state index is 12.3. The second kappa shape index (κ2) is 7.41. The Balaban J connectivity index is 2.99. The minimum atomic E-state index is -3.59. The summed E-state index contributed by atoms with van der Waals surface area (Å²) >= 11 is 5.87. The Kier molecular flexibility index (Phi) is 6.45. The van der Waals surface area contributed by atoms with Crippen LogP contribution in [0.25, 0.3) is 0 Å². The van der Waals surface area contributed by atoms with Gasteiger partial charge in [-0.15, -0.1) is 0 Å². The van der Waals surface area contributed by atoms with Gasteiger partial charge in [0, 0.05) is 11.1 Å². The third-order valence-electron chi connectivity index (χ3n) is 3.59. The highest BCUT2D eigenvalue weighted by Crippen LogP contribution is 2.22. The van der Waals surface area contributed by atoms with Crippen molar-refractivity contribution in [2.24, 2.45) is 5.92 Å². The van der Waals surface area contributed by atoms with E-state index < -0.39 is 10.0 Å². The largest absolute Gasteiger partial charge is 0.392 e. The van der Waals surface area contributed by atoms with E-state index in [9.17, 15) is 8.42 Å². The molecule has 1 rings (SSSR count). The molecule has 0 aliphatic rings. The summed E-state index contributed by atoms with van der Waals surface area (Å²) in [6.45, 7) is 5.68. The van der Waals surface area contributed by atoms with E-state index in [4.69, 9.17) is 16.7 Å². The summed E-state index contributed by atoms with van der Waals surface area (Å²) in [4.78, 5) is 0.128. The number of nitrogens with one attached hydrogen (secondary N) is 1. The fourth-order valence-electron chi connectivity index (χ4n) is 2.24. The van der Waals surface area contributed by atoms with Crippen LogP contribution < -0.4 is 4.72 Å². The second-order valence-electron chi connectivity index (χ2n) is 4.90. The van der Waals surface area contributed by atoms with Crippen molar-refractivity contribution in [2.75, 3.05) is 0 Å². The molecule has 6 heteroatoms. The number of halogens is 1. The monoisotopic (exact) mass is 319 g/mol. The van der Waals surface area contributed by atoms with E-state index in [2.05, 4.69) is 4.72 Å². The molecule has 114 valence electrons. The van der Waals surface area contributed by atoms with Crippen LogP contribution >= 0.6 is 11.6 Å². The van der Waals surface area contributed by atoms with Crippen LogP contribution in [0, 0.1) is 5.92 Å². The zero-order chi connectivity index (χ0) is 15.3. The molecule has 0 fully saturated rings. The van der Waals surface area contributed by atoms with Crippen LogP contribution in [-0.2, 0) is 16.6 Å². The van der Waals surface area contributed by atoms with E-state index in [1.807, 2.05) is 20.8 Å². The van der Waals surface area contributed by atoms with E-state index in [1.54, 1.807) is 0 Å². The maximum absolute atomic E-state index is 12.3. The average molecular weight is 320 g/mol. The van der Waals surface area contributed by atoms with Gasteiger partial charge in [-0.2, -0.15) is 0 Å². The van der Waals surface area contributed by atoms with Gasteiger partial charge in [-0.05, 0) is 36.6 Å². The molecule has 1 aromatic rings. The van der Waals surface area contributed by atoms with E-state index in [0.29, 0.717) is 16.5 Å². The first-order chi connectivity index (χ1) is 9.35. The maximum Gasteiger partial charge on any atom is 0.240 e. The van der Waals surface area contributed by atoms with Crippen molar-refractivity contribution in [2.45, 2.75) is 51.2 Å².